The van der Waals surface area contributed by atoms with Gasteiger partial charge in [0.15, 0.2) is 11.6 Å². The molecule has 0 saturated heterocycles. The van der Waals surface area contributed by atoms with E-state index < -0.39 is 6.16 Å². The van der Waals surface area contributed by atoms with E-state index in [0.29, 0.717) is 34.3 Å². The number of anilines is 1. The standard InChI is InChI=1S/C21H17N3O4/c1-24(13-6-7-13)20-19(18-10-12-4-2-3-5-17(12)28-18)22-15-9-8-14(27-21(25)26)11-16(15)23-20/h2-5,8-11,13H,6-7H2,1H3,(H,25,26). The molecule has 5 rings (SSSR count). The van der Waals surface area contributed by atoms with Crippen LogP contribution in [0.25, 0.3) is 33.5 Å². The highest BCUT2D eigenvalue weighted by molar-refractivity contribution is 5.88. The van der Waals surface area contributed by atoms with Gasteiger partial charge in [-0.3, -0.25) is 0 Å². The maximum absolute atomic E-state index is 10.8. The number of aromatic nitrogens is 2. The van der Waals surface area contributed by atoms with E-state index in [4.69, 9.17) is 24.2 Å². The molecule has 0 bridgehead atoms. The number of ether oxygens (including phenoxy) is 1. The molecule has 1 saturated carbocycles. The first-order valence-corrected chi connectivity index (χ1v) is 9.03. The number of nitrogens with zero attached hydrogens (tertiary/aromatic N) is 3. The Bertz CT molecular complexity index is 1180. The molecular formula is C21H17N3O4. The number of benzene rings is 2. The summed E-state index contributed by atoms with van der Waals surface area (Å²) in [4.78, 5) is 22.5. The van der Waals surface area contributed by atoms with Gasteiger partial charge in [-0.05, 0) is 37.1 Å². The normalized spacial score (nSPS) is 13.8. The molecule has 0 atom stereocenters. The van der Waals surface area contributed by atoms with Crippen molar-refractivity contribution in [2.24, 2.45) is 0 Å². The number of rotatable bonds is 4. The lowest BCUT2D eigenvalue weighted by Gasteiger charge is -2.20. The van der Waals surface area contributed by atoms with Crippen molar-refractivity contribution in [3.05, 3.63) is 48.5 Å². The lowest BCUT2D eigenvalue weighted by molar-refractivity contribution is 0.144. The van der Waals surface area contributed by atoms with Crippen molar-refractivity contribution in [2.75, 3.05) is 11.9 Å². The minimum absolute atomic E-state index is 0.214. The summed E-state index contributed by atoms with van der Waals surface area (Å²) in [7, 11) is 2.00. The van der Waals surface area contributed by atoms with Crippen LogP contribution in [0.5, 0.6) is 5.75 Å². The molecule has 2 heterocycles. The van der Waals surface area contributed by atoms with Crippen LogP contribution in [0.1, 0.15) is 12.8 Å². The number of hydrogen-bond acceptors (Lipinski definition) is 6. The molecule has 1 aliphatic carbocycles. The lowest BCUT2D eigenvalue weighted by Crippen LogP contribution is -2.22. The van der Waals surface area contributed by atoms with E-state index >= 15 is 0 Å². The Morgan fingerprint density at radius 3 is 2.71 bits per heavy atom. The van der Waals surface area contributed by atoms with Gasteiger partial charge in [-0.1, -0.05) is 18.2 Å². The quantitative estimate of drug-likeness (QED) is 0.408. The zero-order chi connectivity index (χ0) is 19.3. The van der Waals surface area contributed by atoms with Gasteiger partial charge in [0.2, 0.25) is 0 Å². The smallest absolute Gasteiger partial charge is 0.454 e. The van der Waals surface area contributed by atoms with Crippen molar-refractivity contribution in [1.29, 1.82) is 0 Å². The third-order valence-electron chi connectivity index (χ3n) is 4.91. The number of carboxylic acid groups (broad SMARTS) is 1. The Morgan fingerprint density at radius 2 is 1.96 bits per heavy atom. The summed E-state index contributed by atoms with van der Waals surface area (Å²) in [6.07, 6.45) is 0.858. The molecule has 0 radical (unpaired) electrons. The summed E-state index contributed by atoms with van der Waals surface area (Å²) in [5, 5.41) is 9.85. The van der Waals surface area contributed by atoms with Gasteiger partial charge < -0.3 is 19.2 Å². The monoisotopic (exact) mass is 375 g/mol. The van der Waals surface area contributed by atoms with E-state index in [-0.39, 0.29) is 5.75 Å². The van der Waals surface area contributed by atoms with Gasteiger partial charge in [0.1, 0.15) is 17.0 Å². The number of para-hydroxylation sites is 1. The number of furan rings is 1. The first-order chi connectivity index (χ1) is 13.6. The molecule has 140 valence electrons. The van der Waals surface area contributed by atoms with Crippen LogP contribution in [0.4, 0.5) is 10.6 Å². The zero-order valence-corrected chi connectivity index (χ0v) is 15.1. The second kappa shape index (κ2) is 6.23. The van der Waals surface area contributed by atoms with Crippen LogP contribution in [0.15, 0.2) is 52.9 Å². The summed E-state index contributed by atoms with van der Waals surface area (Å²) in [5.74, 6) is 1.58. The third-order valence-corrected chi connectivity index (χ3v) is 4.91. The van der Waals surface area contributed by atoms with Gasteiger partial charge in [0, 0.05) is 24.5 Å². The van der Waals surface area contributed by atoms with Crippen molar-refractivity contribution in [2.45, 2.75) is 18.9 Å². The molecule has 7 nitrogen and oxygen atoms in total. The minimum Gasteiger partial charge on any atom is -0.454 e. The number of hydrogen-bond donors (Lipinski definition) is 1. The number of carbonyl (C=O) groups is 1. The van der Waals surface area contributed by atoms with Gasteiger partial charge in [0.25, 0.3) is 0 Å². The van der Waals surface area contributed by atoms with Gasteiger partial charge in [-0.15, -0.1) is 0 Å². The Morgan fingerprint density at radius 1 is 1.14 bits per heavy atom. The van der Waals surface area contributed by atoms with E-state index in [1.54, 1.807) is 18.2 Å². The zero-order valence-electron chi connectivity index (χ0n) is 15.1. The van der Waals surface area contributed by atoms with E-state index in [0.717, 1.165) is 23.8 Å². The highest BCUT2D eigenvalue weighted by atomic mass is 16.7. The minimum atomic E-state index is -1.36. The molecule has 4 aromatic rings. The van der Waals surface area contributed by atoms with Crippen LogP contribution in [-0.4, -0.2) is 34.3 Å². The fraction of sp³-hybridized carbons (Fsp3) is 0.190. The van der Waals surface area contributed by atoms with Crippen LogP contribution < -0.4 is 9.64 Å². The van der Waals surface area contributed by atoms with E-state index in [9.17, 15) is 4.79 Å². The molecule has 0 amide bonds. The molecule has 0 unspecified atom stereocenters. The second-order valence-electron chi connectivity index (χ2n) is 6.90. The van der Waals surface area contributed by atoms with Crippen LogP contribution in [0, 0.1) is 0 Å². The largest absolute Gasteiger partial charge is 0.511 e. The molecule has 1 N–H and O–H groups in total. The summed E-state index contributed by atoms with van der Waals surface area (Å²) in [6.45, 7) is 0. The molecular weight excluding hydrogens is 358 g/mol. The Labute approximate surface area is 160 Å². The molecule has 28 heavy (non-hydrogen) atoms. The van der Waals surface area contributed by atoms with Crippen molar-refractivity contribution in [1.82, 2.24) is 9.97 Å². The molecule has 1 fully saturated rings. The third kappa shape index (κ3) is 2.90. The predicted octanol–water partition coefficient (Wildman–Crippen LogP) is 4.70. The van der Waals surface area contributed by atoms with Crippen molar-refractivity contribution >= 4 is 34.0 Å². The van der Waals surface area contributed by atoms with E-state index in [1.165, 1.54) is 0 Å². The Hall–Kier alpha value is -3.61. The van der Waals surface area contributed by atoms with Gasteiger partial charge in [-0.2, -0.15) is 0 Å². The summed E-state index contributed by atoms with van der Waals surface area (Å²) < 4.78 is 10.8. The number of fused-ring (bicyclic) bond motifs is 2. The van der Waals surface area contributed by atoms with E-state index in [1.807, 2.05) is 37.4 Å². The van der Waals surface area contributed by atoms with Crippen LogP contribution in [-0.2, 0) is 0 Å². The van der Waals surface area contributed by atoms with Crippen LogP contribution >= 0.6 is 0 Å². The molecule has 1 aliphatic rings. The SMILES string of the molecule is CN(c1nc2cc(OC(=O)O)ccc2nc1-c1cc2ccccc2o1)C1CC1. The predicted molar refractivity (Wildman–Crippen MR) is 105 cm³/mol. The van der Waals surface area contributed by atoms with Gasteiger partial charge >= 0.3 is 6.16 Å². The molecule has 2 aromatic heterocycles. The van der Waals surface area contributed by atoms with Crippen molar-refractivity contribution in [3.63, 3.8) is 0 Å². The first-order valence-electron chi connectivity index (χ1n) is 9.03. The highest BCUT2D eigenvalue weighted by Gasteiger charge is 2.30. The van der Waals surface area contributed by atoms with Crippen LogP contribution in [0.2, 0.25) is 0 Å². The molecule has 2 aromatic carbocycles. The van der Waals surface area contributed by atoms with Crippen molar-refractivity contribution in [3.8, 4) is 17.2 Å². The average molecular weight is 375 g/mol. The fourth-order valence-electron chi connectivity index (χ4n) is 3.33. The summed E-state index contributed by atoms with van der Waals surface area (Å²) >= 11 is 0. The lowest BCUT2D eigenvalue weighted by atomic mass is 10.2. The average Bonchev–Trinajstić information content (AvgIpc) is 3.44. The van der Waals surface area contributed by atoms with E-state index in [2.05, 4.69) is 4.90 Å². The second-order valence-corrected chi connectivity index (χ2v) is 6.90. The highest BCUT2D eigenvalue weighted by Crippen LogP contribution is 2.37. The summed E-state index contributed by atoms with van der Waals surface area (Å²) in [6, 6.07) is 15.1. The molecule has 0 aliphatic heterocycles. The topological polar surface area (TPSA) is 88.7 Å². The molecule has 0 spiro atoms. The fourth-order valence-corrected chi connectivity index (χ4v) is 3.33. The van der Waals surface area contributed by atoms with Crippen LogP contribution in [0.3, 0.4) is 0 Å². The maximum atomic E-state index is 10.8. The van der Waals surface area contributed by atoms with Gasteiger partial charge in [0.05, 0.1) is 11.0 Å². The molecule has 7 heteroatoms. The van der Waals surface area contributed by atoms with Crippen molar-refractivity contribution < 1.29 is 19.1 Å². The Kier molecular flexibility index (Phi) is 3.68. The summed E-state index contributed by atoms with van der Waals surface area (Å²) in [5.41, 5.74) is 2.68. The van der Waals surface area contributed by atoms with Gasteiger partial charge in [-0.25, -0.2) is 14.8 Å². The Balaban J connectivity index is 1.69. The maximum Gasteiger partial charge on any atom is 0.511 e. The first kappa shape index (κ1) is 16.6.